The first-order valence-corrected chi connectivity index (χ1v) is 9.44. The fourth-order valence-corrected chi connectivity index (χ4v) is 2.93. The molecule has 0 aliphatic heterocycles. The smallest absolute Gasteiger partial charge is 0.142 e. The van der Waals surface area contributed by atoms with Crippen LogP contribution in [0, 0.1) is 13.8 Å². The molecule has 142 valence electrons. The standard InChI is InChI=1S/C21H32N4O/c1-16(2)26-21-8-7-10-23-20(21)15-25(11-6-5-9-22)14-19-18(4)12-17(3)13-24-19/h7-8,10,12-13,16H,5-6,9,11,14-15,22H2,1-4H3. The van der Waals surface area contributed by atoms with Gasteiger partial charge in [0.1, 0.15) is 5.75 Å². The van der Waals surface area contributed by atoms with E-state index in [0.29, 0.717) is 0 Å². The van der Waals surface area contributed by atoms with Crippen molar-refractivity contribution in [3.63, 3.8) is 0 Å². The second kappa shape index (κ2) is 10.2. The molecule has 0 aliphatic rings. The van der Waals surface area contributed by atoms with Crippen LogP contribution >= 0.6 is 0 Å². The SMILES string of the molecule is Cc1cnc(CN(CCCCN)Cc2ncccc2OC(C)C)c(C)c1. The Labute approximate surface area is 157 Å². The molecule has 2 rings (SSSR count). The highest BCUT2D eigenvalue weighted by molar-refractivity contribution is 5.27. The Hall–Kier alpha value is -1.98. The lowest BCUT2D eigenvalue weighted by molar-refractivity contribution is 0.217. The Morgan fingerprint density at radius 1 is 1.12 bits per heavy atom. The number of nitrogens with two attached hydrogens (primary N) is 1. The fraction of sp³-hybridized carbons (Fsp3) is 0.524. The molecule has 0 saturated heterocycles. The monoisotopic (exact) mass is 356 g/mol. The summed E-state index contributed by atoms with van der Waals surface area (Å²) in [6.07, 6.45) is 5.98. The lowest BCUT2D eigenvalue weighted by Crippen LogP contribution is -2.26. The van der Waals surface area contributed by atoms with Crippen LogP contribution < -0.4 is 10.5 Å². The summed E-state index contributed by atoms with van der Waals surface area (Å²) in [4.78, 5) is 11.6. The number of pyridine rings is 2. The first kappa shape index (κ1) is 20.3. The van der Waals surface area contributed by atoms with Crippen molar-refractivity contribution in [1.82, 2.24) is 14.9 Å². The minimum absolute atomic E-state index is 0.129. The average molecular weight is 357 g/mol. The maximum absolute atomic E-state index is 5.94. The van der Waals surface area contributed by atoms with Gasteiger partial charge in [0.05, 0.1) is 17.5 Å². The minimum atomic E-state index is 0.129. The van der Waals surface area contributed by atoms with E-state index in [0.717, 1.165) is 56.2 Å². The molecule has 0 spiro atoms. The highest BCUT2D eigenvalue weighted by Crippen LogP contribution is 2.20. The molecule has 5 heteroatoms. The zero-order chi connectivity index (χ0) is 18.9. The molecular weight excluding hydrogens is 324 g/mol. The van der Waals surface area contributed by atoms with Gasteiger partial charge in [-0.2, -0.15) is 0 Å². The molecule has 0 aromatic carbocycles. The fourth-order valence-electron chi connectivity index (χ4n) is 2.93. The van der Waals surface area contributed by atoms with Crippen LogP contribution in [-0.4, -0.2) is 34.1 Å². The van der Waals surface area contributed by atoms with Crippen molar-refractivity contribution in [2.75, 3.05) is 13.1 Å². The molecule has 0 saturated carbocycles. The van der Waals surface area contributed by atoms with Crippen LogP contribution in [0.3, 0.4) is 0 Å². The third kappa shape index (κ3) is 6.39. The van der Waals surface area contributed by atoms with Crippen molar-refractivity contribution in [3.8, 4) is 5.75 Å². The first-order valence-electron chi connectivity index (χ1n) is 9.44. The summed E-state index contributed by atoms with van der Waals surface area (Å²) in [7, 11) is 0. The van der Waals surface area contributed by atoms with Crippen molar-refractivity contribution in [1.29, 1.82) is 0 Å². The summed E-state index contributed by atoms with van der Waals surface area (Å²) in [5.74, 6) is 0.861. The van der Waals surface area contributed by atoms with E-state index in [1.54, 1.807) is 0 Å². The predicted molar refractivity (Wildman–Crippen MR) is 106 cm³/mol. The van der Waals surface area contributed by atoms with Gasteiger partial charge in [-0.25, -0.2) is 0 Å². The summed E-state index contributed by atoms with van der Waals surface area (Å²) < 4.78 is 5.94. The Morgan fingerprint density at radius 2 is 1.88 bits per heavy atom. The predicted octanol–water partition coefficient (Wildman–Crippen LogP) is 3.62. The highest BCUT2D eigenvalue weighted by atomic mass is 16.5. The quantitative estimate of drug-likeness (QED) is 0.659. The van der Waals surface area contributed by atoms with Gasteiger partial charge in [0, 0.05) is 25.5 Å². The lowest BCUT2D eigenvalue weighted by Gasteiger charge is -2.24. The Balaban J connectivity index is 2.16. The normalized spacial score (nSPS) is 11.3. The number of ether oxygens (including phenoxy) is 1. The molecule has 0 bridgehead atoms. The molecular formula is C21H32N4O. The van der Waals surface area contributed by atoms with E-state index in [1.165, 1.54) is 11.1 Å². The Bertz CT molecular complexity index is 687. The first-order chi connectivity index (χ1) is 12.5. The van der Waals surface area contributed by atoms with Crippen molar-refractivity contribution in [3.05, 3.63) is 53.1 Å². The largest absolute Gasteiger partial charge is 0.489 e. The summed E-state index contributed by atoms with van der Waals surface area (Å²) >= 11 is 0. The molecule has 0 atom stereocenters. The van der Waals surface area contributed by atoms with Crippen molar-refractivity contribution in [2.24, 2.45) is 5.73 Å². The molecule has 0 amide bonds. The van der Waals surface area contributed by atoms with Gasteiger partial charge in [-0.15, -0.1) is 0 Å². The zero-order valence-electron chi connectivity index (χ0n) is 16.5. The zero-order valence-corrected chi connectivity index (χ0v) is 16.5. The van der Waals surface area contributed by atoms with Crippen molar-refractivity contribution in [2.45, 2.75) is 59.7 Å². The lowest BCUT2D eigenvalue weighted by atomic mass is 10.1. The number of unbranched alkanes of at least 4 members (excludes halogenated alkanes) is 1. The number of hydrogen-bond donors (Lipinski definition) is 1. The molecule has 0 unspecified atom stereocenters. The maximum Gasteiger partial charge on any atom is 0.142 e. The van der Waals surface area contributed by atoms with Crippen LogP contribution in [0.5, 0.6) is 5.75 Å². The van der Waals surface area contributed by atoms with Crippen LogP contribution in [0.15, 0.2) is 30.6 Å². The summed E-state index contributed by atoms with van der Waals surface area (Å²) in [5.41, 5.74) is 10.2. The van der Waals surface area contributed by atoms with Crippen LogP contribution in [0.25, 0.3) is 0 Å². The van der Waals surface area contributed by atoms with Gasteiger partial charge in [-0.3, -0.25) is 14.9 Å². The number of nitrogens with zero attached hydrogens (tertiary/aromatic N) is 3. The van der Waals surface area contributed by atoms with Gasteiger partial charge >= 0.3 is 0 Å². The van der Waals surface area contributed by atoms with Crippen LogP contribution in [0.4, 0.5) is 0 Å². The van der Waals surface area contributed by atoms with Crippen LogP contribution in [0.2, 0.25) is 0 Å². The summed E-state index contributed by atoms with van der Waals surface area (Å²) in [6, 6.07) is 6.11. The van der Waals surface area contributed by atoms with Gasteiger partial charge in [-0.05, 0) is 76.9 Å². The number of rotatable bonds is 10. The molecule has 0 fully saturated rings. The summed E-state index contributed by atoms with van der Waals surface area (Å²) in [6.45, 7) is 11.5. The van der Waals surface area contributed by atoms with Gasteiger partial charge in [-0.1, -0.05) is 6.07 Å². The number of hydrogen-bond acceptors (Lipinski definition) is 5. The van der Waals surface area contributed by atoms with Crippen molar-refractivity contribution < 1.29 is 4.74 Å². The number of aryl methyl sites for hydroxylation is 2. The third-order valence-corrected chi connectivity index (χ3v) is 4.21. The van der Waals surface area contributed by atoms with E-state index >= 15 is 0 Å². The minimum Gasteiger partial charge on any atom is -0.489 e. The molecule has 26 heavy (non-hydrogen) atoms. The Kier molecular flexibility index (Phi) is 8.01. The molecule has 2 heterocycles. The van der Waals surface area contributed by atoms with Gasteiger partial charge < -0.3 is 10.5 Å². The van der Waals surface area contributed by atoms with E-state index in [9.17, 15) is 0 Å². The molecule has 2 N–H and O–H groups in total. The molecule has 5 nitrogen and oxygen atoms in total. The average Bonchev–Trinajstić information content (AvgIpc) is 2.58. The maximum atomic E-state index is 5.94. The van der Waals surface area contributed by atoms with Gasteiger partial charge in [0.25, 0.3) is 0 Å². The van der Waals surface area contributed by atoms with Crippen molar-refractivity contribution >= 4 is 0 Å². The van der Waals surface area contributed by atoms with E-state index in [1.807, 2.05) is 38.4 Å². The van der Waals surface area contributed by atoms with E-state index in [2.05, 4.69) is 34.8 Å². The van der Waals surface area contributed by atoms with Gasteiger partial charge in [0.15, 0.2) is 0 Å². The molecule has 0 aliphatic carbocycles. The highest BCUT2D eigenvalue weighted by Gasteiger charge is 2.14. The topological polar surface area (TPSA) is 64.3 Å². The van der Waals surface area contributed by atoms with Crippen LogP contribution in [-0.2, 0) is 13.1 Å². The van der Waals surface area contributed by atoms with E-state index in [-0.39, 0.29) is 6.10 Å². The molecule has 2 aromatic rings. The third-order valence-electron chi connectivity index (χ3n) is 4.21. The summed E-state index contributed by atoms with van der Waals surface area (Å²) in [5, 5.41) is 0. The van der Waals surface area contributed by atoms with Crippen LogP contribution in [0.1, 0.15) is 49.2 Å². The molecule has 2 aromatic heterocycles. The Morgan fingerprint density at radius 3 is 2.58 bits per heavy atom. The molecule has 0 radical (unpaired) electrons. The van der Waals surface area contributed by atoms with E-state index in [4.69, 9.17) is 10.5 Å². The number of aromatic nitrogens is 2. The van der Waals surface area contributed by atoms with Gasteiger partial charge in [0.2, 0.25) is 0 Å². The second-order valence-corrected chi connectivity index (χ2v) is 7.10. The van der Waals surface area contributed by atoms with E-state index < -0.39 is 0 Å². The second-order valence-electron chi connectivity index (χ2n) is 7.10.